The second-order valence-corrected chi connectivity index (χ2v) is 3.84. The number of rotatable bonds is 4. The quantitative estimate of drug-likeness (QED) is 0.552. The van der Waals surface area contributed by atoms with Crippen LogP contribution < -0.4 is 0 Å². The Kier molecular flexibility index (Phi) is 4.47. The average Bonchev–Trinajstić information content (AvgIpc) is 2.12. The molecule has 0 saturated carbocycles. The first kappa shape index (κ1) is 11.1. The van der Waals surface area contributed by atoms with E-state index in [1.165, 1.54) is 0 Å². The molecule has 0 N–H and O–H groups in total. The van der Waals surface area contributed by atoms with Crippen LogP contribution in [-0.2, 0) is 11.4 Å². The molecule has 0 atom stereocenters. The van der Waals surface area contributed by atoms with Crippen molar-refractivity contribution < 1.29 is 4.84 Å². The van der Waals surface area contributed by atoms with Gasteiger partial charge < -0.3 is 4.84 Å². The van der Waals surface area contributed by atoms with Crippen molar-refractivity contribution >= 4 is 17.8 Å². The predicted octanol–water partition coefficient (Wildman–Crippen LogP) is 3.50. The van der Waals surface area contributed by atoms with Gasteiger partial charge in [0.05, 0.1) is 0 Å². The van der Waals surface area contributed by atoms with Crippen molar-refractivity contribution in [3.05, 3.63) is 34.9 Å². The molecule has 0 aliphatic carbocycles. The summed E-state index contributed by atoms with van der Waals surface area (Å²) in [4.78, 5) is 5.10. The Hall–Kier alpha value is -1.02. The van der Waals surface area contributed by atoms with E-state index in [1.54, 1.807) is 6.21 Å². The molecule has 0 unspecified atom stereocenters. The van der Waals surface area contributed by atoms with E-state index in [1.807, 2.05) is 38.1 Å². The zero-order chi connectivity index (χ0) is 10.4. The Morgan fingerprint density at radius 3 is 2.93 bits per heavy atom. The van der Waals surface area contributed by atoms with E-state index in [0.29, 0.717) is 12.5 Å². The molecule has 76 valence electrons. The molecular formula is C11H14ClNO. The summed E-state index contributed by atoms with van der Waals surface area (Å²) in [5, 5.41) is 4.55. The molecule has 0 bridgehead atoms. The molecule has 1 rings (SSSR count). The van der Waals surface area contributed by atoms with Crippen LogP contribution in [0.4, 0.5) is 0 Å². The number of oxime groups is 1. The SMILES string of the molecule is CC(C)C=NOCc1cccc(Cl)c1. The van der Waals surface area contributed by atoms with Crippen molar-refractivity contribution in [2.45, 2.75) is 20.5 Å². The summed E-state index contributed by atoms with van der Waals surface area (Å²) in [6.07, 6.45) is 1.77. The maximum Gasteiger partial charge on any atom is 0.142 e. The summed E-state index contributed by atoms with van der Waals surface area (Å²) >= 11 is 5.81. The van der Waals surface area contributed by atoms with Crippen molar-refractivity contribution in [1.29, 1.82) is 0 Å². The molecule has 0 aliphatic heterocycles. The molecule has 14 heavy (non-hydrogen) atoms. The van der Waals surface area contributed by atoms with Gasteiger partial charge in [0, 0.05) is 11.2 Å². The highest BCUT2D eigenvalue weighted by molar-refractivity contribution is 6.30. The Balaban J connectivity index is 2.38. The molecule has 2 nitrogen and oxygen atoms in total. The van der Waals surface area contributed by atoms with Crippen LogP contribution in [0.15, 0.2) is 29.4 Å². The first-order chi connectivity index (χ1) is 6.68. The first-order valence-electron chi connectivity index (χ1n) is 4.58. The molecule has 3 heteroatoms. The summed E-state index contributed by atoms with van der Waals surface area (Å²) in [6.45, 7) is 4.56. The van der Waals surface area contributed by atoms with Crippen LogP contribution in [0.1, 0.15) is 19.4 Å². The van der Waals surface area contributed by atoms with Crippen molar-refractivity contribution in [2.75, 3.05) is 0 Å². The Morgan fingerprint density at radius 2 is 2.29 bits per heavy atom. The third-order valence-corrected chi connectivity index (χ3v) is 1.79. The highest BCUT2D eigenvalue weighted by Crippen LogP contribution is 2.11. The van der Waals surface area contributed by atoms with Gasteiger partial charge >= 0.3 is 0 Å². The van der Waals surface area contributed by atoms with E-state index < -0.39 is 0 Å². The molecule has 0 fully saturated rings. The van der Waals surface area contributed by atoms with Gasteiger partial charge in [0.1, 0.15) is 6.61 Å². The molecule has 0 aromatic heterocycles. The van der Waals surface area contributed by atoms with Gasteiger partial charge in [-0.1, -0.05) is 42.7 Å². The lowest BCUT2D eigenvalue weighted by molar-refractivity contribution is 0.131. The summed E-state index contributed by atoms with van der Waals surface area (Å²) in [5.41, 5.74) is 1.03. The van der Waals surface area contributed by atoms with E-state index in [2.05, 4.69) is 5.16 Å². The minimum atomic E-state index is 0.411. The van der Waals surface area contributed by atoms with Crippen LogP contribution in [0.3, 0.4) is 0 Å². The van der Waals surface area contributed by atoms with Crippen LogP contribution in [0, 0.1) is 5.92 Å². The average molecular weight is 212 g/mol. The van der Waals surface area contributed by atoms with Crippen molar-refractivity contribution in [3.63, 3.8) is 0 Å². The first-order valence-corrected chi connectivity index (χ1v) is 4.96. The molecule has 0 spiro atoms. The number of halogens is 1. The summed E-state index contributed by atoms with van der Waals surface area (Å²) < 4.78 is 0. The summed E-state index contributed by atoms with van der Waals surface area (Å²) in [7, 11) is 0. The molecule has 0 saturated heterocycles. The molecule has 0 heterocycles. The monoisotopic (exact) mass is 211 g/mol. The summed E-state index contributed by atoms with van der Waals surface area (Å²) in [6, 6.07) is 7.55. The Labute approximate surface area is 89.5 Å². The lowest BCUT2D eigenvalue weighted by Gasteiger charge is -2.00. The maximum atomic E-state index is 5.81. The van der Waals surface area contributed by atoms with Crippen molar-refractivity contribution in [3.8, 4) is 0 Å². The zero-order valence-corrected chi connectivity index (χ0v) is 9.16. The van der Waals surface area contributed by atoms with E-state index in [0.717, 1.165) is 10.6 Å². The lowest BCUT2D eigenvalue weighted by atomic mass is 10.2. The van der Waals surface area contributed by atoms with E-state index in [4.69, 9.17) is 16.4 Å². The second-order valence-electron chi connectivity index (χ2n) is 3.40. The van der Waals surface area contributed by atoms with Gasteiger partial charge in [-0.2, -0.15) is 0 Å². The van der Waals surface area contributed by atoms with E-state index in [9.17, 15) is 0 Å². The van der Waals surface area contributed by atoms with Crippen molar-refractivity contribution in [1.82, 2.24) is 0 Å². The smallest absolute Gasteiger partial charge is 0.142 e. The predicted molar refractivity (Wildman–Crippen MR) is 59.6 cm³/mol. The highest BCUT2D eigenvalue weighted by atomic mass is 35.5. The minimum Gasteiger partial charge on any atom is -0.391 e. The molecule has 0 aliphatic rings. The lowest BCUT2D eigenvalue weighted by Crippen LogP contribution is -1.91. The van der Waals surface area contributed by atoms with E-state index in [-0.39, 0.29) is 0 Å². The minimum absolute atomic E-state index is 0.411. The van der Waals surface area contributed by atoms with Crippen LogP contribution >= 0.6 is 11.6 Å². The van der Waals surface area contributed by atoms with Gasteiger partial charge in [-0.15, -0.1) is 0 Å². The fourth-order valence-corrected chi connectivity index (χ4v) is 1.12. The number of benzene rings is 1. The fourth-order valence-electron chi connectivity index (χ4n) is 0.903. The maximum absolute atomic E-state index is 5.81. The van der Waals surface area contributed by atoms with Crippen LogP contribution in [0.5, 0.6) is 0 Å². The molecule has 1 aromatic rings. The number of nitrogens with zero attached hydrogens (tertiary/aromatic N) is 1. The van der Waals surface area contributed by atoms with E-state index >= 15 is 0 Å². The van der Waals surface area contributed by atoms with Gasteiger partial charge in [-0.05, 0) is 23.6 Å². The Morgan fingerprint density at radius 1 is 1.50 bits per heavy atom. The van der Waals surface area contributed by atoms with Gasteiger partial charge in [0.2, 0.25) is 0 Å². The summed E-state index contributed by atoms with van der Waals surface area (Å²) in [5.74, 6) is 0.411. The van der Waals surface area contributed by atoms with Crippen LogP contribution in [-0.4, -0.2) is 6.21 Å². The van der Waals surface area contributed by atoms with Crippen LogP contribution in [0.25, 0.3) is 0 Å². The molecule has 0 amide bonds. The third kappa shape index (κ3) is 4.28. The van der Waals surface area contributed by atoms with Crippen molar-refractivity contribution in [2.24, 2.45) is 11.1 Å². The van der Waals surface area contributed by atoms with Gasteiger partial charge in [0.15, 0.2) is 0 Å². The highest BCUT2D eigenvalue weighted by Gasteiger charge is 1.93. The van der Waals surface area contributed by atoms with Gasteiger partial charge in [-0.25, -0.2) is 0 Å². The normalized spacial score (nSPS) is 11.1. The van der Waals surface area contributed by atoms with Gasteiger partial charge in [-0.3, -0.25) is 0 Å². The standard InChI is InChI=1S/C11H14ClNO/c1-9(2)7-13-14-8-10-4-3-5-11(12)6-10/h3-7,9H,8H2,1-2H3. The number of hydrogen-bond acceptors (Lipinski definition) is 2. The third-order valence-electron chi connectivity index (χ3n) is 1.55. The molecular weight excluding hydrogens is 198 g/mol. The largest absolute Gasteiger partial charge is 0.391 e. The topological polar surface area (TPSA) is 21.6 Å². The number of hydrogen-bond donors (Lipinski definition) is 0. The molecule has 0 radical (unpaired) electrons. The second kappa shape index (κ2) is 5.66. The molecule has 1 aromatic carbocycles. The fraction of sp³-hybridized carbons (Fsp3) is 0.364. The Bertz CT molecular complexity index is 310. The van der Waals surface area contributed by atoms with Crippen LogP contribution in [0.2, 0.25) is 5.02 Å². The zero-order valence-electron chi connectivity index (χ0n) is 8.40. The van der Waals surface area contributed by atoms with Gasteiger partial charge in [0.25, 0.3) is 0 Å².